The van der Waals surface area contributed by atoms with E-state index in [1.807, 2.05) is 36.4 Å². The molecule has 4 aromatic rings. The molecule has 0 aliphatic carbocycles. The molecular weight excluding hydrogens is 444 g/mol. The quantitative estimate of drug-likeness (QED) is 0.125. The van der Waals surface area contributed by atoms with Crippen molar-refractivity contribution >= 4 is 43.2 Å². The fourth-order valence-corrected chi connectivity index (χ4v) is 4.19. The van der Waals surface area contributed by atoms with Gasteiger partial charge in [0.1, 0.15) is 18.1 Å². The fraction of sp³-hybridized carbons (Fsp3) is 0.217. The minimum absolute atomic E-state index is 0.0208. The number of aliphatic hydroxyl groups excluding tert-OH is 1. The maximum Gasteiger partial charge on any atom is 0.229 e. The van der Waals surface area contributed by atoms with Crippen LogP contribution in [0.15, 0.2) is 54.6 Å². The Morgan fingerprint density at radius 2 is 1.88 bits per heavy atom. The number of benzene rings is 3. The maximum atomic E-state index is 11.4. The molecule has 0 saturated heterocycles. The minimum Gasteiger partial charge on any atom is -0.506 e. The van der Waals surface area contributed by atoms with Gasteiger partial charge in [-0.15, -0.1) is 0 Å². The van der Waals surface area contributed by atoms with Gasteiger partial charge in [0.15, 0.2) is 0 Å². The Bertz CT molecular complexity index is 1400. The van der Waals surface area contributed by atoms with E-state index in [4.69, 9.17) is 10.5 Å². The number of hydrogen-bond donors (Lipinski definition) is 6. The Kier molecular flexibility index (Phi) is 6.32. The van der Waals surface area contributed by atoms with Gasteiger partial charge in [-0.25, -0.2) is 8.42 Å². The Balaban J connectivity index is 1.30. The zero-order valence-electron chi connectivity index (χ0n) is 18.0. The van der Waals surface area contributed by atoms with Gasteiger partial charge in [0.25, 0.3) is 0 Å². The number of nitrogens with one attached hydrogen (secondary N) is 3. The second kappa shape index (κ2) is 9.18. The molecule has 0 bridgehead atoms. The number of phenolic OH excluding ortho intramolecular Hbond substituents is 1. The van der Waals surface area contributed by atoms with Crippen LogP contribution in [0.1, 0.15) is 11.7 Å². The number of anilines is 2. The van der Waals surface area contributed by atoms with Gasteiger partial charge in [-0.2, -0.15) is 0 Å². The molecule has 4 rings (SSSR count). The van der Waals surface area contributed by atoms with Crippen molar-refractivity contribution in [2.24, 2.45) is 0 Å². The van der Waals surface area contributed by atoms with Crippen molar-refractivity contribution < 1.29 is 23.4 Å². The van der Waals surface area contributed by atoms with E-state index in [0.29, 0.717) is 24.4 Å². The van der Waals surface area contributed by atoms with Crippen LogP contribution < -0.4 is 20.5 Å². The molecule has 7 N–H and O–H groups in total. The molecule has 0 saturated carbocycles. The van der Waals surface area contributed by atoms with Crippen LogP contribution >= 0.6 is 0 Å². The molecule has 1 aromatic heterocycles. The van der Waals surface area contributed by atoms with Crippen molar-refractivity contribution in [3.63, 3.8) is 0 Å². The van der Waals surface area contributed by atoms with Crippen LogP contribution in [-0.2, 0) is 10.0 Å². The lowest BCUT2D eigenvalue weighted by Crippen LogP contribution is -2.26. The molecule has 3 aromatic carbocycles. The molecule has 1 unspecified atom stereocenters. The number of aromatic nitrogens is 1. The minimum atomic E-state index is -3.55. The third-order valence-corrected chi connectivity index (χ3v) is 5.77. The van der Waals surface area contributed by atoms with Crippen molar-refractivity contribution in [1.82, 2.24) is 10.3 Å². The number of H-pyrrole nitrogens is 1. The van der Waals surface area contributed by atoms with Gasteiger partial charge in [0.2, 0.25) is 10.0 Å². The van der Waals surface area contributed by atoms with E-state index in [1.54, 1.807) is 0 Å². The van der Waals surface area contributed by atoms with Crippen LogP contribution in [0.2, 0.25) is 0 Å². The first-order valence-corrected chi connectivity index (χ1v) is 12.2. The average molecular weight is 471 g/mol. The standard InChI is InChI=1S/C23H26N4O5S/c1-33(30,31)27-21-10-14(2-7-22(21)28)23(29)13-25-8-9-32-16-4-5-17-18-11-15(24)3-6-19(18)26-20(17)12-16/h2-7,10-12,23,25-29H,8-9,13,24H2,1H3. The van der Waals surface area contributed by atoms with E-state index in [9.17, 15) is 18.6 Å². The summed E-state index contributed by atoms with van der Waals surface area (Å²) in [5, 5.41) is 25.4. The lowest BCUT2D eigenvalue weighted by molar-refractivity contribution is 0.172. The van der Waals surface area contributed by atoms with Gasteiger partial charge in [0, 0.05) is 41.1 Å². The summed E-state index contributed by atoms with van der Waals surface area (Å²) in [6.07, 6.45) is 0.101. The molecule has 0 aliphatic heterocycles. The number of ether oxygens (including phenoxy) is 1. The van der Waals surface area contributed by atoms with Gasteiger partial charge >= 0.3 is 0 Å². The molecule has 0 amide bonds. The smallest absolute Gasteiger partial charge is 0.229 e. The number of aromatic amines is 1. The summed E-state index contributed by atoms with van der Waals surface area (Å²) in [4.78, 5) is 3.36. The number of phenols is 1. The predicted molar refractivity (Wildman–Crippen MR) is 130 cm³/mol. The topological polar surface area (TPSA) is 150 Å². The molecule has 1 atom stereocenters. The van der Waals surface area contributed by atoms with Gasteiger partial charge < -0.3 is 31.0 Å². The Morgan fingerprint density at radius 3 is 2.67 bits per heavy atom. The van der Waals surface area contributed by atoms with E-state index in [2.05, 4.69) is 15.0 Å². The fourth-order valence-electron chi connectivity index (χ4n) is 3.63. The third kappa shape index (κ3) is 5.48. The average Bonchev–Trinajstić information content (AvgIpc) is 3.11. The van der Waals surface area contributed by atoms with Crippen LogP contribution in [0.25, 0.3) is 21.8 Å². The molecule has 33 heavy (non-hydrogen) atoms. The molecule has 0 fully saturated rings. The van der Waals surface area contributed by atoms with E-state index >= 15 is 0 Å². The van der Waals surface area contributed by atoms with Crippen LogP contribution in [0.3, 0.4) is 0 Å². The maximum absolute atomic E-state index is 11.4. The summed E-state index contributed by atoms with van der Waals surface area (Å²) in [7, 11) is -3.55. The van der Waals surface area contributed by atoms with Gasteiger partial charge in [-0.05, 0) is 48.0 Å². The highest BCUT2D eigenvalue weighted by atomic mass is 32.2. The van der Waals surface area contributed by atoms with Crippen LogP contribution in [0.5, 0.6) is 11.5 Å². The molecule has 174 valence electrons. The van der Waals surface area contributed by atoms with Crippen LogP contribution in [0.4, 0.5) is 11.4 Å². The lowest BCUT2D eigenvalue weighted by Gasteiger charge is -2.15. The molecule has 0 radical (unpaired) electrons. The number of aliphatic hydroxyl groups is 1. The molecular formula is C23H26N4O5S. The number of nitrogen functional groups attached to an aromatic ring is 1. The number of nitrogens with two attached hydrogens (primary N) is 1. The largest absolute Gasteiger partial charge is 0.506 e. The van der Waals surface area contributed by atoms with Crippen molar-refractivity contribution in [3.8, 4) is 11.5 Å². The Morgan fingerprint density at radius 1 is 1.06 bits per heavy atom. The van der Waals surface area contributed by atoms with E-state index < -0.39 is 16.1 Å². The number of sulfonamides is 1. The predicted octanol–water partition coefficient (Wildman–Crippen LogP) is 2.68. The summed E-state index contributed by atoms with van der Waals surface area (Å²) < 4.78 is 30.9. The monoisotopic (exact) mass is 470 g/mol. The zero-order chi connectivity index (χ0) is 23.6. The summed E-state index contributed by atoms with van der Waals surface area (Å²) >= 11 is 0. The number of aromatic hydroxyl groups is 1. The first-order valence-electron chi connectivity index (χ1n) is 10.3. The SMILES string of the molecule is CS(=O)(=O)Nc1cc(C(O)CNCCOc2ccc3c(c2)[nH]c2ccc(N)cc23)ccc1O. The normalized spacial score (nSPS) is 12.8. The molecule has 9 nitrogen and oxygen atoms in total. The van der Waals surface area contributed by atoms with Crippen LogP contribution in [0, 0.1) is 0 Å². The number of rotatable bonds is 9. The van der Waals surface area contributed by atoms with Gasteiger partial charge in [-0.3, -0.25) is 4.72 Å². The second-order valence-corrected chi connectivity index (χ2v) is 9.61. The Hall–Kier alpha value is -3.47. The molecule has 0 aliphatic rings. The van der Waals surface area contributed by atoms with E-state index in [-0.39, 0.29) is 18.0 Å². The van der Waals surface area contributed by atoms with E-state index in [0.717, 1.165) is 33.8 Å². The highest BCUT2D eigenvalue weighted by molar-refractivity contribution is 7.92. The molecule has 1 heterocycles. The van der Waals surface area contributed by atoms with Gasteiger partial charge in [-0.1, -0.05) is 6.07 Å². The summed E-state index contributed by atoms with van der Waals surface area (Å²) in [6.45, 7) is 1.11. The zero-order valence-corrected chi connectivity index (χ0v) is 18.8. The molecule has 0 spiro atoms. The van der Waals surface area contributed by atoms with Crippen molar-refractivity contribution in [3.05, 3.63) is 60.2 Å². The third-order valence-electron chi connectivity index (χ3n) is 5.18. The van der Waals surface area contributed by atoms with Gasteiger partial charge in [0.05, 0.1) is 23.6 Å². The van der Waals surface area contributed by atoms with Crippen molar-refractivity contribution in [1.29, 1.82) is 0 Å². The lowest BCUT2D eigenvalue weighted by atomic mass is 10.1. The number of hydrogen-bond acceptors (Lipinski definition) is 7. The number of fused-ring (bicyclic) bond motifs is 3. The van der Waals surface area contributed by atoms with Crippen molar-refractivity contribution in [2.45, 2.75) is 6.10 Å². The van der Waals surface area contributed by atoms with Crippen LogP contribution in [-0.4, -0.2) is 49.6 Å². The van der Waals surface area contributed by atoms with Crippen molar-refractivity contribution in [2.75, 3.05) is 36.4 Å². The summed E-state index contributed by atoms with van der Waals surface area (Å²) in [5.74, 6) is 0.507. The summed E-state index contributed by atoms with van der Waals surface area (Å²) in [6, 6.07) is 15.9. The first kappa shape index (κ1) is 22.7. The first-order chi connectivity index (χ1) is 15.7. The summed E-state index contributed by atoms with van der Waals surface area (Å²) in [5.41, 5.74) is 9.07. The highest BCUT2D eigenvalue weighted by Gasteiger charge is 2.13. The van der Waals surface area contributed by atoms with E-state index in [1.165, 1.54) is 18.2 Å². The molecule has 10 heteroatoms. The highest BCUT2D eigenvalue weighted by Crippen LogP contribution is 2.30. The Labute approximate surface area is 191 Å². The second-order valence-electron chi connectivity index (χ2n) is 7.86.